The summed E-state index contributed by atoms with van der Waals surface area (Å²) in [7, 11) is 0. The van der Waals surface area contributed by atoms with Crippen molar-refractivity contribution in [1.82, 2.24) is 9.88 Å². The van der Waals surface area contributed by atoms with Crippen LogP contribution in [0, 0.1) is 0 Å². The summed E-state index contributed by atoms with van der Waals surface area (Å²) >= 11 is 0. The van der Waals surface area contributed by atoms with Crippen molar-refractivity contribution in [2.45, 2.75) is 45.6 Å². The first-order valence-corrected chi connectivity index (χ1v) is 8.50. The van der Waals surface area contributed by atoms with E-state index in [4.69, 9.17) is 0 Å². The first-order valence-electron chi connectivity index (χ1n) is 8.50. The van der Waals surface area contributed by atoms with E-state index in [1.165, 1.54) is 25.7 Å². The molecule has 0 fully saturated rings. The lowest BCUT2D eigenvalue weighted by Gasteiger charge is -2.25. The number of fused-ring (bicyclic) bond motifs is 1. The highest BCUT2D eigenvalue weighted by Gasteiger charge is 2.16. The lowest BCUT2D eigenvalue weighted by molar-refractivity contribution is 0.112. The third-order valence-corrected chi connectivity index (χ3v) is 4.11. The van der Waals surface area contributed by atoms with E-state index >= 15 is 0 Å². The van der Waals surface area contributed by atoms with Gasteiger partial charge < -0.3 is 10.0 Å². The van der Waals surface area contributed by atoms with Crippen molar-refractivity contribution in [3.8, 4) is 0 Å². The Bertz CT molecular complexity index is 557. The summed E-state index contributed by atoms with van der Waals surface area (Å²) < 4.78 is 0. The zero-order chi connectivity index (χ0) is 15.8. The molecule has 0 spiro atoms. The van der Waals surface area contributed by atoms with Gasteiger partial charge in [-0.3, -0.25) is 4.98 Å². The highest BCUT2D eigenvalue weighted by molar-refractivity contribution is 5.81. The number of aromatic nitrogens is 1. The highest BCUT2D eigenvalue weighted by atomic mass is 16.3. The summed E-state index contributed by atoms with van der Waals surface area (Å²) in [5.74, 6) is 0. The van der Waals surface area contributed by atoms with Gasteiger partial charge in [-0.15, -0.1) is 0 Å². The first-order chi connectivity index (χ1) is 10.8. The number of hydrogen-bond acceptors (Lipinski definition) is 3. The SMILES string of the molecule is CCCCN(CCCC)CC(O)c1cccc2cccnc12. The van der Waals surface area contributed by atoms with Crippen LogP contribution in [0.5, 0.6) is 0 Å². The molecule has 0 saturated carbocycles. The zero-order valence-corrected chi connectivity index (χ0v) is 13.8. The molecule has 1 N–H and O–H groups in total. The van der Waals surface area contributed by atoms with E-state index in [9.17, 15) is 5.11 Å². The highest BCUT2D eigenvalue weighted by Crippen LogP contribution is 2.23. The predicted octanol–water partition coefficient (Wildman–Crippen LogP) is 4.17. The number of aliphatic hydroxyl groups excluding tert-OH is 1. The lowest BCUT2D eigenvalue weighted by Crippen LogP contribution is -2.30. The fraction of sp³-hybridized carbons (Fsp3) is 0.526. The summed E-state index contributed by atoms with van der Waals surface area (Å²) in [6.45, 7) is 7.24. The Labute approximate surface area is 134 Å². The number of nitrogens with zero attached hydrogens (tertiary/aromatic N) is 2. The number of pyridine rings is 1. The minimum atomic E-state index is -0.479. The van der Waals surface area contributed by atoms with Crippen LogP contribution in [-0.4, -0.2) is 34.6 Å². The minimum absolute atomic E-state index is 0.479. The summed E-state index contributed by atoms with van der Waals surface area (Å²) in [4.78, 5) is 6.84. The second-order valence-electron chi connectivity index (χ2n) is 5.95. The summed E-state index contributed by atoms with van der Waals surface area (Å²) in [6.07, 6.45) is 6.06. The van der Waals surface area contributed by atoms with Gasteiger partial charge >= 0.3 is 0 Å². The maximum absolute atomic E-state index is 10.7. The molecule has 3 nitrogen and oxygen atoms in total. The van der Waals surface area contributed by atoms with Crippen molar-refractivity contribution in [1.29, 1.82) is 0 Å². The van der Waals surface area contributed by atoms with Crippen LogP contribution in [0.2, 0.25) is 0 Å². The molecule has 1 heterocycles. The van der Waals surface area contributed by atoms with Crippen LogP contribution in [0.4, 0.5) is 0 Å². The van der Waals surface area contributed by atoms with Gasteiger partial charge in [-0.05, 0) is 32.0 Å². The minimum Gasteiger partial charge on any atom is -0.387 e. The van der Waals surface area contributed by atoms with Crippen LogP contribution in [0.25, 0.3) is 10.9 Å². The van der Waals surface area contributed by atoms with Crippen LogP contribution < -0.4 is 0 Å². The molecule has 0 amide bonds. The molecule has 0 saturated heterocycles. The molecular weight excluding hydrogens is 272 g/mol. The van der Waals surface area contributed by atoms with Crippen molar-refractivity contribution < 1.29 is 5.11 Å². The van der Waals surface area contributed by atoms with Crippen molar-refractivity contribution in [2.75, 3.05) is 19.6 Å². The molecule has 3 heteroatoms. The van der Waals surface area contributed by atoms with Crippen LogP contribution in [0.3, 0.4) is 0 Å². The number of rotatable bonds is 9. The Morgan fingerprint density at radius 1 is 1.05 bits per heavy atom. The molecule has 1 unspecified atom stereocenters. The van der Waals surface area contributed by atoms with E-state index in [2.05, 4.69) is 23.7 Å². The average Bonchev–Trinajstić information content (AvgIpc) is 2.56. The van der Waals surface area contributed by atoms with Gasteiger partial charge in [0.15, 0.2) is 0 Å². The van der Waals surface area contributed by atoms with Gasteiger partial charge in [0.2, 0.25) is 0 Å². The van der Waals surface area contributed by atoms with Gasteiger partial charge in [-0.1, -0.05) is 51.0 Å². The molecule has 0 radical (unpaired) electrons. The van der Waals surface area contributed by atoms with Gasteiger partial charge in [0.1, 0.15) is 0 Å². The summed E-state index contributed by atoms with van der Waals surface area (Å²) in [5.41, 5.74) is 1.86. The second-order valence-corrected chi connectivity index (χ2v) is 5.95. The van der Waals surface area contributed by atoms with Gasteiger partial charge in [-0.2, -0.15) is 0 Å². The maximum Gasteiger partial charge on any atom is 0.0937 e. The van der Waals surface area contributed by atoms with E-state index in [1.54, 1.807) is 6.20 Å². The smallest absolute Gasteiger partial charge is 0.0937 e. The topological polar surface area (TPSA) is 36.4 Å². The molecule has 1 atom stereocenters. The molecule has 1 aromatic carbocycles. The summed E-state index contributed by atoms with van der Waals surface area (Å²) in [5, 5.41) is 11.8. The van der Waals surface area contributed by atoms with Gasteiger partial charge in [-0.25, -0.2) is 0 Å². The van der Waals surface area contributed by atoms with Crippen molar-refractivity contribution >= 4 is 10.9 Å². The average molecular weight is 300 g/mol. The fourth-order valence-electron chi connectivity index (χ4n) is 2.80. The molecule has 120 valence electrons. The monoisotopic (exact) mass is 300 g/mol. The van der Waals surface area contributed by atoms with Crippen LogP contribution in [0.1, 0.15) is 51.2 Å². The molecule has 2 rings (SSSR count). The molecule has 2 aromatic rings. The molecule has 0 aliphatic rings. The number of para-hydroxylation sites is 1. The third-order valence-electron chi connectivity index (χ3n) is 4.11. The van der Waals surface area contributed by atoms with Crippen molar-refractivity contribution in [3.05, 3.63) is 42.1 Å². The normalized spacial score (nSPS) is 12.9. The third kappa shape index (κ3) is 4.52. The summed E-state index contributed by atoms with van der Waals surface area (Å²) in [6, 6.07) is 10.0. The quantitative estimate of drug-likeness (QED) is 0.755. The molecule has 22 heavy (non-hydrogen) atoms. The van der Waals surface area contributed by atoms with E-state index in [-0.39, 0.29) is 0 Å². The predicted molar refractivity (Wildman–Crippen MR) is 93.0 cm³/mol. The van der Waals surface area contributed by atoms with E-state index in [1.807, 2.05) is 30.3 Å². The van der Waals surface area contributed by atoms with E-state index in [0.29, 0.717) is 6.54 Å². The maximum atomic E-state index is 10.7. The van der Waals surface area contributed by atoms with Gasteiger partial charge in [0, 0.05) is 23.7 Å². The number of unbranched alkanes of at least 4 members (excludes halogenated alkanes) is 2. The van der Waals surface area contributed by atoms with Gasteiger partial charge in [0.05, 0.1) is 11.6 Å². The number of aliphatic hydroxyl groups is 1. The Morgan fingerprint density at radius 2 is 1.73 bits per heavy atom. The van der Waals surface area contributed by atoms with Crippen LogP contribution in [-0.2, 0) is 0 Å². The second kappa shape index (κ2) is 8.86. The van der Waals surface area contributed by atoms with Crippen LogP contribution >= 0.6 is 0 Å². The molecule has 0 aliphatic heterocycles. The standard InChI is InChI=1S/C19H28N2O/c1-3-5-13-21(14-6-4-2)15-18(22)17-11-7-9-16-10-8-12-20-19(16)17/h7-12,18,22H,3-6,13-15H2,1-2H3. The Balaban J connectivity index is 2.12. The zero-order valence-electron chi connectivity index (χ0n) is 13.8. The number of benzene rings is 1. The molecular formula is C19H28N2O. The lowest BCUT2D eigenvalue weighted by atomic mass is 10.0. The Kier molecular flexibility index (Phi) is 6.81. The Morgan fingerprint density at radius 3 is 2.41 bits per heavy atom. The van der Waals surface area contributed by atoms with E-state index < -0.39 is 6.10 Å². The number of hydrogen-bond donors (Lipinski definition) is 1. The fourth-order valence-corrected chi connectivity index (χ4v) is 2.80. The van der Waals surface area contributed by atoms with E-state index in [0.717, 1.165) is 29.6 Å². The molecule has 1 aromatic heterocycles. The van der Waals surface area contributed by atoms with Crippen LogP contribution in [0.15, 0.2) is 36.5 Å². The molecule has 0 bridgehead atoms. The largest absolute Gasteiger partial charge is 0.387 e. The van der Waals surface area contributed by atoms with Gasteiger partial charge in [0.25, 0.3) is 0 Å². The Hall–Kier alpha value is -1.45. The first kappa shape index (κ1) is 16.9. The molecule has 0 aliphatic carbocycles. The van der Waals surface area contributed by atoms with Crippen molar-refractivity contribution in [3.63, 3.8) is 0 Å². The van der Waals surface area contributed by atoms with Crippen molar-refractivity contribution in [2.24, 2.45) is 0 Å².